The first-order chi connectivity index (χ1) is 12.3. The lowest BCUT2D eigenvalue weighted by molar-refractivity contribution is 0.0951. The van der Waals surface area contributed by atoms with Crippen LogP contribution in [0.15, 0.2) is 48.5 Å². The van der Waals surface area contributed by atoms with Gasteiger partial charge in [-0.15, -0.1) is 0 Å². The fourth-order valence-corrected chi connectivity index (χ4v) is 3.17. The minimum absolute atomic E-state index is 0.0491. The number of ether oxygens (including phenoxy) is 1. The summed E-state index contributed by atoms with van der Waals surface area (Å²) in [4.78, 5) is 14.8. The third-order valence-corrected chi connectivity index (χ3v) is 4.51. The van der Waals surface area contributed by atoms with E-state index in [2.05, 4.69) is 22.3 Å². The number of hydrogen-bond acceptors (Lipinski definition) is 3. The number of rotatable bonds is 6. The molecule has 1 heterocycles. The number of anilines is 1. The maximum absolute atomic E-state index is 12.4. The molecule has 132 valence electrons. The first-order valence-electron chi connectivity index (χ1n) is 9.11. The predicted octanol–water partition coefficient (Wildman–Crippen LogP) is 4.01. The normalized spacial score (nSPS) is 14.2. The van der Waals surface area contributed by atoms with Crippen molar-refractivity contribution in [2.45, 2.75) is 32.7 Å². The Hall–Kier alpha value is -2.49. The van der Waals surface area contributed by atoms with Gasteiger partial charge in [-0.05, 0) is 68.1 Å². The SMILES string of the molecule is CCOc1cccc(CNC(=O)c2ccc(N3CCCCC3)cc2)c1. The molecule has 1 fully saturated rings. The average Bonchev–Trinajstić information content (AvgIpc) is 2.67. The van der Waals surface area contributed by atoms with E-state index in [0.29, 0.717) is 18.7 Å². The van der Waals surface area contributed by atoms with E-state index in [1.165, 1.54) is 24.9 Å². The van der Waals surface area contributed by atoms with E-state index in [-0.39, 0.29) is 5.91 Å². The number of amides is 1. The van der Waals surface area contributed by atoms with Crippen LogP contribution in [0.25, 0.3) is 0 Å². The first kappa shape index (κ1) is 17.3. The molecule has 3 rings (SSSR count). The summed E-state index contributed by atoms with van der Waals surface area (Å²) in [6.07, 6.45) is 3.83. The molecular formula is C21H26N2O2. The largest absolute Gasteiger partial charge is 0.494 e. The Morgan fingerprint density at radius 2 is 1.84 bits per heavy atom. The Balaban J connectivity index is 1.56. The molecule has 0 bridgehead atoms. The molecule has 25 heavy (non-hydrogen) atoms. The molecule has 0 spiro atoms. The zero-order valence-electron chi connectivity index (χ0n) is 14.8. The van der Waals surface area contributed by atoms with Gasteiger partial charge in [-0.1, -0.05) is 12.1 Å². The average molecular weight is 338 g/mol. The van der Waals surface area contributed by atoms with Crippen LogP contribution in [-0.4, -0.2) is 25.6 Å². The van der Waals surface area contributed by atoms with Crippen LogP contribution in [0.2, 0.25) is 0 Å². The molecule has 0 aliphatic carbocycles. The van der Waals surface area contributed by atoms with Crippen LogP contribution in [-0.2, 0) is 6.54 Å². The Labute approximate surface area is 149 Å². The highest BCUT2D eigenvalue weighted by Gasteiger charge is 2.12. The highest BCUT2D eigenvalue weighted by Crippen LogP contribution is 2.20. The minimum atomic E-state index is -0.0491. The quantitative estimate of drug-likeness (QED) is 0.865. The van der Waals surface area contributed by atoms with Crippen LogP contribution in [0.5, 0.6) is 5.75 Å². The summed E-state index contributed by atoms with van der Waals surface area (Å²) in [7, 11) is 0. The molecule has 1 saturated heterocycles. The van der Waals surface area contributed by atoms with Crippen molar-refractivity contribution >= 4 is 11.6 Å². The molecule has 4 nitrogen and oxygen atoms in total. The molecule has 0 saturated carbocycles. The number of nitrogens with zero attached hydrogens (tertiary/aromatic N) is 1. The summed E-state index contributed by atoms with van der Waals surface area (Å²) in [6, 6.07) is 15.7. The van der Waals surface area contributed by atoms with Gasteiger partial charge in [0.05, 0.1) is 6.61 Å². The second kappa shape index (κ2) is 8.56. The zero-order chi connectivity index (χ0) is 17.5. The number of hydrogen-bond donors (Lipinski definition) is 1. The Morgan fingerprint density at radius 1 is 1.08 bits per heavy atom. The summed E-state index contributed by atoms with van der Waals surface area (Å²) >= 11 is 0. The van der Waals surface area contributed by atoms with Crippen LogP contribution in [0, 0.1) is 0 Å². The van der Waals surface area contributed by atoms with Crippen LogP contribution in [0.4, 0.5) is 5.69 Å². The van der Waals surface area contributed by atoms with Gasteiger partial charge in [0.1, 0.15) is 5.75 Å². The molecule has 1 aliphatic rings. The molecule has 2 aromatic rings. The summed E-state index contributed by atoms with van der Waals surface area (Å²) in [5.74, 6) is 0.784. The topological polar surface area (TPSA) is 41.6 Å². The van der Waals surface area contributed by atoms with Crippen LogP contribution in [0.1, 0.15) is 42.1 Å². The van der Waals surface area contributed by atoms with Crippen molar-refractivity contribution in [3.8, 4) is 5.75 Å². The molecule has 2 aromatic carbocycles. The minimum Gasteiger partial charge on any atom is -0.494 e. The van der Waals surface area contributed by atoms with E-state index >= 15 is 0 Å². The van der Waals surface area contributed by atoms with E-state index in [9.17, 15) is 4.79 Å². The highest BCUT2D eigenvalue weighted by atomic mass is 16.5. The third kappa shape index (κ3) is 4.75. The van der Waals surface area contributed by atoms with Gasteiger partial charge in [0.2, 0.25) is 0 Å². The Kier molecular flexibility index (Phi) is 5.94. The molecule has 0 atom stereocenters. The van der Waals surface area contributed by atoms with Gasteiger partial charge >= 0.3 is 0 Å². The number of benzene rings is 2. The Morgan fingerprint density at radius 3 is 2.56 bits per heavy atom. The zero-order valence-corrected chi connectivity index (χ0v) is 14.8. The van der Waals surface area contributed by atoms with Crippen molar-refractivity contribution in [1.82, 2.24) is 5.32 Å². The van der Waals surface area contributed by atoms with E-state index in [1.54, 1.807) is 0 Å². The van der Waals surface area contributed by atoms with Gasteiger partial charge in [-0.25, -0.2) is 0 Å². The molecule has 0 unspecified atom stereocenters. The summed E-state index contributed by atoms with van der Waals surface area (Å²) in [5, 5.41) is 2.98. The Bertz CT molecular complexity index is 691. The number of nitrogens with one attached hydrogen (secondary N) is 1. The van der Waals surface area contributed by atoms with Crippen molar-refractivity contribution in [3.05, 3.63) is 59.7 Å². The lowest BCUT2D eigenvalue weighted by Gasteiger charge is -2.28. The molecule has 4 heteroatoms. The van der Waals surface area contributed by atoms with Gasteiger partial charge in [-0.2, -0.15) is 0 Å². The van der Waals surface area contributed by atoms with E-state index in [1.807, 2.05) is 43.3 Å². The van der Waals surface area contributed by atoms with Crippen LogP contribution in [0.3, 0.4) is 0 Å². The lowest BCUT2D eigenvalue weighted by atomic mass is 10.1. The molecule has 1 N–H and O–H groups in total. The summed E-state index contributed by atoms with van der Waals surface area (Å²) < 4.78 is 5.49. The molecular weight excluding hydrogens is 312 g/mol. The van der Waals surface area contributed by atoms with Crippen molar-refractivity contribution in [2.75, 3.05) is 24.6 Å². The number of carbonyl (C=O) groups is 1. The maximum atomic E-state index is 12.4. The lowest BCUT2D eigenvalue weighted by Crippen LogP contribution is -2.29. The monoisotopic (exact) mass is 338 g/mol. The van der Waals surface area contributed by atoms with Crippen LogP contribution < -0.4 is 15.0 Å². The maximum Gasteiger partial charge on any atom is 0.251 e. The van der Waals surface area contributed by atoms with Crippen molar-refractivity contribution in [3.63, 3.8) is 0 Å². The number of carbonyl (C=O) groups excluding carboxylic acids is 1. The van der Waals surface area contributed by atoms with E-state index in [4.69, 9.17) is 4.74 Å². The second-order valence-corrected chi connectivity index (χ2v) is 6.36. The van der Waals surface area contributed by atoms with Crippen LogP contribution >= 0.6 is 0 Å². The van der Waals surface area contributed by atoms with Gasteiger partial charge in [0.25, 0.3) is 5.91 Å². The van der Waals surface area contributed by atoms with Crippen molar-refractivity contribution < 1.29 is 9.53 Å². The van der Waals surface area contributed by atoms with Gasteiger partial charge < -0.3 is 15.0 Å². The summed E-state index contributed by atoms with van der Waals surface area (Å²) in [6.45, 7) is 5.32. The van der Waals surface area contributed by atoms with Gasteiger partial charge in [0.15, 0.2) is 0 Å². The standard InChI is InChI=1S/C21H26N2O2/c1-2-25-20-8-6-7-17(15-20)16-22-21(24)18-9-11-19(12-10-18)23-13-4-3-5-14-23/h6-12,15H,2-5,13-14,16H2,1H3,(H,22,24). The number of piperidine rings is 1. The van der Waals surface area contributed by atoms with Gasteiger partial charge in [-0.3, -0.25) is 4.79 Å². The van der Waals surface area contributed by atoms with Gasteiger partial charge in [0, 0.05) is 30.9 Å². The smallest absolute Gasteiger partial charge is 0.251 e. The van der Waals surface area contributed by atoms with Crippen molar-refractivity contribution in [1.29, 1.82) is 0 Å². The molecule has 1 aliphatic heterocycles. The van der Waals surface area contributed by atoms with E-state index < -0.39 is 0 Å². The molecule has 1 amide bonds. The first-order valence-corrected chi connectivity index (χ1v) is 9.11. The fourth-order valence-electron chi connectivity index (χ4n) is 3.17. The molecule has 0 aromatic heterocycles. The van der Waals surface area contributed by atoms with E-state index in [0.717, 1.165) is 24.4 Å². The second-order valence-electron chi connectivity index (χ2n) is 6.36. The predicted molar refractivity (Wildman–Crippen MR) is 101 cm³/mol. The summed E-state index contributed by atoms with van der Waals surface area (Å²) in [5.41, 5.74) is 2.94. The fraction of sp³-hybridized carbons (Fsp3) is 0.381. The highest BCUT2D eigenvalue weighted by molar-refractivity contribution is 5.94. The third-order valence-electron chi connectivity index (χ3n) is 4.51. The van der Waals surface area contributed by atoms with Crippen molar-refractivity contribution in [2.24, 2.45) is 0 Å². The molecule has 0 radical (unpaired) electrons.